The zero-order chi connectivity index (χ0) is 20.4. The summed E-state index contributed by atoms with van der Waals surface area (Å²) in [5.41, 5.74) is 0.359. The summed E-state index contributed by atoms with van der Waals surface area (Å²) >= 11 is 0. The number of fused-ring (bicyclic) bond motifs is 1. The molecule has 8 heteroatoms. The monoisotopic (exact) mass is 407 g/mol. The molecular weight excluding hydrogens is 377 g/mol. The molecule has 3 heterocycles. The summed E-state index contributed by atoms with van der Waals surface area (Å²) in [4.78, 5) is 18.8. The Balaban J connectivity index is 1.36. The number of aliphatic hydroxyl groups excluding tert-OH is 1. The van der Waals surface area contributed by atoms with E-state index in [0.29, 0.717) is 63.8 Å². The molecule has 3 fully saturated rings. The molecule has 0 saturated carbocycles. The predicted octanol–water partition coefficient (Wildman–Crippen LogP) is 0.419. The highest BCUT2D eigenvalue weighted by molar-refractivity contribution is 5.78. The Kier molecular flexibility index (Phi) is 6.06. The van der Waals surface area contributed by atoms with Crippen LogP contribution in [0, 0.1) is 17.2 Å². The van der Waals surface area contributed by atoms with E-state index in [9.17, 15) is 14.3 Å². The zero-order valence-electron chi connectivity index (χ0n) is 17.0. The highest BCUT2D eigenvalue weighted by Gasteiger charge is 2.52. The molecule has 0 bridgehead atoms. The van der Waals surface area contributed by atoms with Crippen molar-refractivity contribution in [3.05, 3.63) is 29.6 Å². The molecule has 1 N–H and O–H groups in total. The highest BCUT2D eigenvalue weighted by Crippen LogP contribution is 2.42. The lowest BCUT2D eigenvalue weighted by Crippen LogP contribution is -2.46. The number of halogens is 1. The van der Waals surface area contributed by atoms with Gasteiger partial charge in [-0.25, -0.2) is 4.39 Å². The second-order valence-corrected chi connectivity index (χ2v) is 8.51. The fraction of sp³-hybridized carbons (Fsp3) is 0.667. The molecular formula is C21H30FN3O4. The number of amides is 1. The van der Waals surface area contributed by atoms with Crippen molar-refractivity contribution in [1.82, 2.24) is 14.7 Å². The summed E-state index contributed by atoms with van der Waals surface area (Å²) in [7, 11) is 1.57. The Labute approximate surface area is 171 Å². The van der Waals surface area contributed by atoms with E-state index in [1.54, 1.807) is 19.2 Å². The number of nitrogens with zero attached hydrogens (tertiary/aromatic N) is 3. The van der Waals surface area contributed by atoms with Crippen molar-refractivity contribution < 1.29 is 23.8 Å². The molecule has 0 radical (unpaired) electrons. The Morgan fingerprint density at radius 2 is 2.00 bits per heavy atom. The third-order valence-electron chi connectivity index (χ3n) is 6.58. The summed E-state index contributed by atoms with van der Waals surface area (Å²) in [5.74, 6) is 0.819. The average molecular weight is 407 g/mol. The van der Waals surface area contributed by atoms with Crippen molar-refractivity contribution in [3.8, 4) is 5.75 Å². The van der Waals surface area contributed by atoms with Gasteiger partial charge >= 0.3 is 0 Å². The Hall–Kier alpha value is -1.74. The standard InChI is InChI=1S/C21H30FN3O4/c1-28-18-2-3-19(22)16(8-18)9-23-10-17-11-24(14-21(17,13-23)15-26)12-20(27)25-4-6-29-7-5-25/h2-3,8,17,26H,4-7,9-15H2,1H3. The predicted molar refractivity (Wildman–Crippen MR) is 105 cm³/mol. The van der Waals surface area contributed by atoms with Gasteiger partial charge in [0.1, 0.15) is 11.6 Å². The fourth-order valence-electron chi connectivity index (χ4n) is 5.01. The largest absolute Gasteiger partial charge is 0.497 e. The van der Waals surface area contributed by atoms with Crippen LogP contribution in [0.25, 0.3) is 0 Å². The minimum Gasteiger partial charge on any atom is -0.497 e. The van der Waals surface area contributed by atoms with E-state index in [2.05, 4.69) is 9.80 Å². The van der Waals surface area contributed by atoms with Gasteiger partial charge in [0.05, 0.1) is 33.5 Å². The van der Waals surface area contributed by atoms with Gasteiger partial charge in [-0.15, -0.1) is 0 Å². The normalized spacial score (nSPS) is 28.0. The van der Waals surface area contributed by atoms with Crippen molar-refractivity contribution in [2.45, 2.75) is 6.54 Å². The van der Waals surface area contributed by atoms with E-state index < -0.39 is 0 Å². The number of benzene rings is 1. The van der Waals surface area contributed by atoms with Crippen LogP contribution in [0.1, 0.15) is 5.56 Å². The number of ether oxygens (including phenoxy) is 2. The lowest BCUT2D eigenvalue weighted by atomic mass is 9.82. The third kappa shape index (κ3) is 4.26. The fourth-order valence-corrected chi connectivity index (χ4v) is 5.01. The summed E-state index contributed by atoms with van der Waals surface area (Å²) < 4.78 is 24.8. The van der Waals surface area contributed by atoms with E-state index in [-0.39, 0.29) is 29.7 Å². The minimum absolute atomic E-state index is 0.0804. The van der Waals surface area contributed by atoms with Crippen LogP contribution >= 0.6 is 0 Å². The second kappa shape index (κ2) is 8.55. The first-order valence-electron chi connectivity index (χ1n) is 10.3. The number of hydrogen-bond acceptors (Lipinski definition) is 6. The molecule has 160 valence electrons. The van der Waals surface area contributed by atoms with Gasteiger partial charge in [0.25, 0.3) is 0 Å². The van der Waals surface area contributed by atoms with E-state index in [1.165, 1.54) is 6.07 Å². The van der Waals surface area contributed by atoms with Crippen LogP contribution in [0.5, 0.6) is 5.75 Å². The number of morpholine rings is 1. The van der Waals surface area contributed by atoms with E-state index in [0.717, 1.165) is 13.1 Å². The Morgan fingerprint density at radius 3 is 2.69 bits per heavy atom. The van der Waals surface area contributed by atoms with Crippen LogP contribution < -0.4 is 4.74 Å². The van der Waals surface area contributed by atoms with Crippen LogP contribution in [0.4, 0.5) is 4.39 Å². The molecule has 7 nitrogen and oxygen atoms in total. The van der Waals surface area contributed by atoms with Crippen molar-refractivity contribution in [2.75, 3.05) is 72.7 Å². The number of hydrogen-bond donors (Lipinski definition) is 1. The lowest BCUT2D eigenvalue weighted by Gasteiger charge is -2.30. The third-order valence-corrected chi connectivity index (χ3v) is 6.58. The number of rotatable bonds is 6. The van der Waals surface area contributed by atoms with Gasteiger partial charge in [-0.05, 0) is 24.1 Å². The minimum atomic E-state index is -0.249. The van der Waals surface area contributed by atoms with Gasteiger partial charge < -0.3 is 19.5 Å². The number of likely N-dealkylation sites (tertiary alicyclic amines) is 2. The maximum absolute atomic E-state index is 14.2. The first-order valence-corrected chi connectivity index (χ1v) is 10.3. The molecule has 1 aromatic rings. The Bertz CT molecular complexity index is 743. The maximum Gasteiger partial charge on any atom is 0.236 e. The van der Waals surface area contributed by atoms with E-state index in [1.807, 2.05) is 4.90 Å². The second-order valence-electron chi connectivity index (χ2n) is 8.51. The summed E-state index contributed by atoms with van der Waals surface area (Å²) in [6, 6.07) is 4.80. The topological polar surface area (TPSA) is 65.5 Å². The van der Waals surface area contributed by atoms with Crippen LogP contribution in [0.3, 0.4) is 0 Å². The molecule has 2 atom stereocenters. The summed E-state index contributed by atoms with van der Waals surface area (Å²) in [6.07, 6.45) is 0. The molecule has 2 unspecified atom stereocenters. The molecule has 0 spiro atoms. The molecule has 4 rings (SSSR count). The van der Waals surface area contributed by atoms with Gasteiger partial charge in [0.2, 0.25) is 5.91 Å². The summed E-state index contributed by atoms with van der Waals surface area (Å²) in [5, 5.41) is 10.2. The SMILES string of the molecule is COc1ccc(F)c(CN2CC3CN(CC(=O)N4CCOCC4)CC3(CO)C2)c1. The van der Waals surface area contributed by atoms with Gasteiger partial charge in [0, 0.05) is 56.8 Å². The van der Waals surface area contributed by atoms with Crippen molar-refractivity contribution in [2.24, 2.45) is 11.3 Å². The van der Waals surface area contributed by atoms with Crippen molar-refractivity contribution >= 4 is 5.91 Å². The number of carbonyl (C=O) groups excluding carboxylic acids is 1. The zero-order valence-corrected chi connectivity index (χ0v) is 17.0. The molecule has 1 aromatic carbocycles. The molecule has 1 amide bonds. The maximum atomic E-state index is 14.2. The van der Waals surface area contributed by atoms with Gasteiger partial charge in [-0.3, -0.25) is 14.6 Å². The van der Waals surface area contributed by atoms with Crippen molar-refractivity contribution in [1.29, 1.82) is 0 Å². The van der Waals surface area contributed by atoms with Gasteiger partial charge in [-0.1, -0.05) is 0 Å². The van der Waals surface area contributed by atoms with Crippen LogP contribution in [-0.4, -0.2) is 98.5 Å². The summed E-state index contributed by atoms with van der Waals surface area (Å²) in [6.45, 7) is 6.45. The van der Waals surface area contributed by atoms with Crippen molar-refractivity contribution in [3.63, 3.8) is 0 Å². The molecule has 0 aliphatic carbocycles. The highest BCUT2D eigenvalue weighted by atomic mass is 19.1. The van der Waals surface area contributed by atoms with Gasteiger partial charge in [0.15, 0.2) is 0 Å². The molecule has 0 aromatic heterocycles. The first-order chi connectivity index (χ1) is 14.0. The van der Waals surface area contributed by atoms with E-state index >= 15 is 0 Å². The van der Waals surface area contributed by atoms with Crippen LogP contribution in [0.2, 0.25) is 0 Å². The quantitative estimate of drug-likeness (QED) is 0.738. The molecule has 29 heavy (non-hydrogen) atoms. The molecule has 3 saturated heterocycles. The van der Waals surface area contributed by atoms with Crippen LogP contribution in [-0.2, 0) is 16.1 Å². The Morgan fingerprint density at radius 1 is 1.28 bits per heavy atom. The number of carbonyl (C=O) groups is 1. The number of methoxy groups -OCH3 is 1. The molecule has 3 aliphatic rings. The first kappa shape index (κ1) is 20.5. The number of aliphatic hydroxyl groups is 1. The van der Waals surface area contributed by atoms with Crippen LogP contribution in [0.15, 0.2) is 18.2 Å². The smallest absolute Gasteiger partial charge is 0.236 e. The molecule has 3 aliphatic heterocycles. The lowest BCUT2D eigenvalue weighted by molar-refractivity contribution is -0.136. The van der Waals surface area contributed by atoms with E-state index in [4.69, 9.17) is 9.47 Å². The average Bonchev–Trinajstić information content (AvgIpc) is 3.23. The van der Waals surface area contributed by atoms with Gasteiger partial charge in [-0.2, -0.15) is 0 Å².